The van der Waals surface area contributed by atoms with Crippen molar-refractivity contribution in [2.24, 2.45) is 0 Å². The molecule has 1 saturated heterocycles. The van der Waals surface area contributed by atoms with Crippen LogP contribution < -0.4 is 0 Å². The van der Waals surface area contributed by atoms with Gasteiger partial charge in [0.25, 0.3) is 0 Å². The Morgan fingerprint density at radius 3 is 3.20 bits per heavy atom. The Balaban J connectivity index is 1.63. The van der Waals surface area contributed by atoms with Gasteiger partial charge in [-0.05, 0) is 31.1 Å². The molecule has 0 spiro atoms. The van der Waals surface area contributed by atoms with Crippen LogP contribution >= 0.6 is 0 Å². The fourth-order valence-electron chi connectivity index (χ4n) is 2.42. The molecule has 0 N–H and O–H groups in total. The maximum Gasteiger partial charge on any atom is 0.246 e. The summed E-state index contributed by atoms with van der Waals surface area (Å²) in [7, 11) is 0. The minimum atomic E-state index is 0.00575. The Morgan fingerprint density at radius 1 is 1.50 bits per heavy atom. The molecule has 1 amide bonds. The maximum atomic E-state index is 12.2. The fraction of sp³-hybridized carbons (Fsp3) is 0.357. The van der Waals surface area contributed by atoms with Crippen LogP contribution in [0.5, 0.6) is 0 Å². The van der Waals surface area contributed by atoms with Crippen LogP contribution in [0.15, 0.2) is 41.5 Å². The average Bonchev–Trinajstić information content (AvgIpc) is 3.18. The zero-order valence-electron chi connectivity index (χ0n) is 11.1. The quantitative estimate of drug-likeness (QED) is 0.798. The van der Waals surface area contributed by atoms with Crippen LogP contribution in [0.3, 0.4) is 0 Å². The molecule has 0 unspecified atom stereocenters. The summed E-state index contributed by atoms with van der Waals surface area (Å²) in [6, 6.07) is 3.83. The van der Waals surface area contributed by atoms with Gasteiger partial charge >= 0.3 is 0 Å². The van der Waals surface area contributed by atoms with Crippen LogP contribution in [-0.2, 0) is 4.79 Å². The first-order valence-corrected chi connectivity index (χ1v) is 6.67. The fourth-order valence-corrected chi connectivity index (χ4v) is 2.42. The zero-order chi connectivity index (χ0) is 13.8. The second-order valence-corrected chi connectivity index (χ2v) is 4.80. The van der Waals surface area contributed by atoms with E-state index in [1.165, 1.54) is 6.33 Å². The number of rotatable bonds is 3. The molecule has 1 aliphatic rings. The van der Waals surface area contributed by atoms with Crippen molar-refractivity contribution in [1.29, 1.82) is 0 Å². The van der Waals surface area contributed by atoms with E-state index in [1.807, 2.05) is 15.6 Å². The maximum absolute atomic E-state index is 12.2. The van der Waals surface area contributed by atoms with Crippen molar-refractivity contribution < 1.29 is 9.21 Å². The summed E-state index contributed by atoms with van der Waals surface area (Å²) in [6.45, 7) is 1.46. The molecular formula is C14H16N4O2. The number of furan rings is 1. The lowest BCUT2D eigenvalue weighted by Crippen LogP contribution is -2.40. The Bertz CT molecular complexity index is 574. The van der Waals surface area contributed by atoms with Crippen LogP contribution in [-0.4, -0.2) is 38.7 Å². The monoisotopic (exact) mass is 272 g/mol. The van der Waals surface area contributed by atoms with E-state index in [0.717, 1.165) is 19.4 Å². The van der Waals surface area contributed by atoms with E-state index in [4.69, 9.17) is 4.42 Å². The Morgan fingerprint density at radius 2 is 2.45 bits per heavy atom. The van der Waals surface area contributed by atoms with E-state index < -0.39 is 0 Å². The second-order valence-electron chi connectivity index (χ2n) is 4.80. The number of aromatic nitrogens is 3. The summed E-state index contributed by atoms with van der Waals surface area (Å²) >= 11 is 0. The Kier molecular flexibility index (Phi) is 3.62. The lowest BCUT2D eigenvalue weighted by molar-refractivity contribution is -0.127. The highest BCUT2D eigenvalue weighted by Crippen LogP contribution is 2.20. The third-order valence-electron chi connectivity index (χ3n) is 3.45. The number of piperidine rings is 1. The molecule has 3 heterocycles. The van der Waals surface area contributed by atoms with Crippen LogP contribution in [0, 0.1) is 0 Å². The van der Waals surface area contributed by atoms with Crippen molar-refractivity contribution in [3.63, 3.8) is 0 Å². The van der Waals surface area contributed by atoms with Crippen molar-refractivity contribution in [1.82, 2.24) is 19.7 Å². The Labute approximate surface area is 116 Å². The summed E-state index contributed by atoms with van der Waals surface area (Å²) in [6.07, 6.45) is 10.1. The largest absolute Gasteiger partial charge is 0.465 e. The van der Waals surface area contributed by atoms with Gasteiger partial charge in [0.05, 0.1) is 12.3 Å². The van der Waals surface area contributed by atoms with Gasteiger partial charge < -0.3 is 9.32 Å². The van der Waals surface area contributed by atoms with Gasteiger partial charge in [-0.15, -0.1) is 0 Å². The van der Waals surface area contributed by atoms with Crippen LogP contribution in [0.25, 0.3) is 6.08 Å². The van der Waals surface area contributed by atoms with Crippen molar-refractivity contribution in [2.45, 2.75) is 18.9 Å². The molecule has 1 fully saturated rings. The summed E-state index contributed by atoms with van der Waals surface area (Å²) in [4.78, 5) is 18.0. The average molecular weight is 272 g/mol. The Hall–Kier alpha value is -2.37. The molecule has 0 radical (unpaired) electrons. The van der Waals surface area contributed by atoms with Gasteiger partial charge in [-0.25, -0.2) is 9.67 Å². The number of carbonyl (C=O) groups excluding carboxylic acids is 1. The minimum absolute atomic E-state index is 0.00575. The SMILES string of the molecule is O=C(/C=C\c1ccco1)N1CCC[C@H](n2cncn2)C1. The first kappa shape index (κ1) is 12.7. The number of hydrogen-bond acceptors (Lipinski definition) is 4. The van der Waals surface area contributed by atoms with Crippen LogP contribution in [0.1, 0.15) is 24.6 Å². The molecule has 104 valence electrons. The molecule has 0 aromatic carbocycles. The molecule has 2 aromatic heterocycles. The number of nitrogens with zero attached hydrogens (tertiary/aromatic N) is 4. The van der Waals surface area contributed by atoms with E-state index in [2.05, 4.69) is 10.1 Å². The molecule has 1 atom stereocenters. The van der Waals surface area contributed by atoms with Gasteiger partial charge in [0, 0.05) is 19.2 Å². The number of carbonyl (C=O) groups is 1. The highest BCUT2D eigenvalue weighted by Gasteiger charge is 2.23. The van der Waals surface area contributed by atoms with Crippen LogP contribution in [0.2, 0.25) is 0 Å². The van der Waals surface area contributed by atoms with Crippen molar-refractivity contribution in [2.75, 3.05) is 13.1 Å². The van der Waals surface area contributed by atoms with Gasteiger partial charge in [-0.2, -0.15) is 5.10 Å². The molecule has 20 heavy (non-hydrogen) atoms. The first-order valence-electron chi connectivity index (χ1n) is 6.67. The lowest BCUT2D eigenvalue weighted by Gasteiger charge is -2.31. The standard InChI is InChI=1S/C14H16N4O2/c19-14(6-5-13-4-2-8-20-13)17-7-1-3-12(9-17)18-11-15-10-16-18/h2,4-6,8,10-12H,1,3,7,9H2/b6-5-/t12-/m0/s1. The first-order chi connectivity index (χ1) is 9.83. The summed E-state index contributed by atoms with van der Waals surface area (Å²) < 4.78 is 7.00. The van der Waals surface area contributed by atoms with Crippen molar-refractivity contribution >= 4 is 12.0 Å². The van der Waals surface area contributed by atoms with E-state index in [0.29, 0.717) is 12.3 Å². The van der Waals surface area contributed by atoms with Gasteiger partial charge in [-0.1, -0.05) is 0 Å². The molecule has 6 nitrogen and oxygen atoms in total. The van der Waals surface area contributed by atoms with Gasteiger partial charge in [0.2, 0.25) is 5.91 Å². The summed E-state index contributed by atoms with van der Waals surface area (Å²) in [5.74, 6) is 0.689. The van der Waals surface area contributed by atoms with E-state index in [9.17, 15) is 4.79 Å². The third-order valence-corrected chi connectivity index (χ3v) is 3.45. The predicted octanol–water partition coefficient (Wildman–Crippen LogP) is 1.75. The molecule has 3 rings (SSSR count). The molecular weight excluding hydrogens is 256 g/mol. The second kappa shape index (κ2) is 5.73. The highest BCUT2D eigenvalue weighted by molar-refractivity contribution is 5.91. The number of amides is 1. The molecule has 1 aliphatic heterocycles. The molecule has 0 saturated carbocycles. The van der Waals surface area contributed by atoms with Gasteiger partial charge in [-0.3, -0.25) is 4.79 Å². The highest BCUT2D eigenvalue weighted by atomic mass is 16.3. The molecule has 0 bridgehead atoms. The van der Waals surface area contributed by atoms with E-state index >= 15 is 0 Å². The smallest absolute Gasteiger partial charge is 0.246 e. The minimum Gasteiger partial charge on any atom is -0.465 e. The lowest BCUT2D eigenvalue weighted by atomic mass is 10.1. The van der Waals surface area contributed by atoms with Crippen molar-refractivity contribution in [3.8, 4) is 0 Å². The van der Waals surface area contributed by atoms with Crippen LogP contribution in [0.4, 0.5) is 0 Å². The zero-order valence-corrected chi connectivity index (χ0v) is 11.1. The number of likely N-dealkylation sites (tertiary alicyclic amines) is 1. The molecule has 6 heteroatoms. The molecule has 2 aromatic rings. The third kappa shape index (κ3) is 2.79. The van der Waals surface area contributed by atoms with Gasteiger partial charge in [0.15, 0.2) is 0 Å². The summed E-state index contributed by atoms with van der Waals surface area (Å²) in [5, 5.41) is 4.15. The molecule has 0 aliphatic carbocycles. The number of hydrogen-bond donors (Lipinski definition) is 0. The normalized spacial score (nSPS) is 19.6. The predicted molar refractivity (Wildman–Crippen MR) is 72.6 cm³/mol. The van der Waals surface area contributed by atoms with Gasteiger partial charge in [0.1, 0.15) is 18.4 Å². The van der Waals surface area contributed by atoms with E-state index in [-0.39, 0.29) is 11.9 Å². The van der Waals surface area contributed by atoms with Crippen molar-refractivity contribution in [3.05, 3.63) is 42.9 Å². The van der Waals surface area contributed by atoms with E-state index in [1.54, 1.807) is 30.8 Å². The topological polar surface area (TPSA) is 64.2 Å². The summed E-state index contributed by atoms with van der Waals surface area (Å²) in [5.41, 5.74) is 0.